The Hall–Kier alpha value is -3.49. The summed E-state index contributed by atoms with van der Waals surface area (Å²) >= 11 is 6.56. The van der Waals surface area contributed by atoms with Crippen molar-refractivity contribution in [3.8, 4) is 22.6 Å². The van der Waals surface area contributed by atoms with Crippen molar-refractivity contribution in [2.45, 2.75) is 87.7 Å². The van der Waals surface area contributed by atoms with Crippen LogP contribution in [0.4, 0.5) is 4.79 Å². The number of aliphatic hydroxyl groups is 5. The van der Waals surface area contributed by atoms with Gasteiger partial charge in [-0.25, -0.2) is 4.79 Å². The third-order valence-electron chi connectivity index (χ3n) is 8.71. The molecule has 2 saturated carbocycles. The van der Waals surface area contributed by atoms with Gasteiger partial charge in [0.05, 0.1) is 37.6 Å². The zero-order valence-electron chi connectivity index (χ0n) is 27.3. The van der Waals surface area contributed by atoms with E-state index in [1.54, 1.807) is 6.20 Å². The molecule has 0 saturated heterocycles. The molecule has 0 bridgehead atoms. The first-order chi connectivity index (χ1) is 23.7. The summed E-state index contributed by atoms with van der Waals surface area (Å²) in [5, 5.41) is 53.2. The number of hydrogen-bond donors (Lipinski definition) is 7. The molecule has 2 aliphatic carbocycles. The smallest absolute Gasteiger partial charge is 0.314 e. The van der Waals surface area contributed by atoms with Crippen molar-refractivity contribution in [3.05, 3.63) is 77.1 Å². The highest BCUT2D eigenvalue weighted by molar-refractivity contribution is 6.31. The first kappa shape index (κ1) is 36.8. The molecule has 4 unspecified atom stereocenters. The number of aromatic nitrogens is 1. The minimum absolute atomic E-state index is 0.290. The molecule has 12 nitrogen and oxygen atoms in total. The number of benzene rings is 2. The van der Waals surface area contributed by atoms with E-state index in [1.165, 1.54) is 0 Å². The predicted molar refractivity (Wildman–Crippen MR) is 182 cm³/mol. The summed E-state index contributed by atoms with van der Waals surface area (Å²) in [5.41, 5.74) is 3.53. The number of amides is 2. The fourth-order valence-electron chi connectivity index (χ4n) is 5.46. The summed E-state index contributed by atoms with van der Waals surface area (Å²) in [4.78, 5) is 16.4. The van der Waals surface area contributed by atoms with Gasteiger partial charge in [-0.15, -0.1) is 0 Å². The number of rotatable bonds is 20. The monoisotopic (exact) mass is 699 g/mol. The van der Waals surface area contributed by atoms with Crippen molar-refractivity contribution in [2.24, 2.45) is 0 Å². The number of hydrogen-bond acceptors (Lipinski definition) is 10. The maximum atomic E-state index is 12.0. The average Bonchev–Trinajstić information content (AvgIpc) is 4.07. The van der Waals surface area contributed by atoms with Crippen LogP contribution < -0.4 is 20.1 Å². The molecule has 7 N–H and O–H groups in total. The zero-order chi connectivity index (χ0) is 34.8. The van der Waals surface area contributed by atoms with Crippen LogP contribution in [-0.2, 0) is 16.9 Å². The van der Waals surface area contributed by atoms with E-state index < -0.39 is 42.7 Å². The molecular formula is C36H46ClN3O9. The zero-order valence-corrected chi connectivity index (χ0v) is 28.1. The second-order valence-corrected chi connectivity index (χ2v) is 13.0. The Kier molecular flexibility index (Phi) is 13.1. The molecule has 5 rings (SSSR count). The van der Waals surface area contributed by atoms with Gasteiger partial charge >= 0.3 is 6.03 Å². The quantitative estimate of drug-likeness (QED) is 0.0863. The van der Waals surface area contributed by atoms with Crippen LogP contribution in [0.1, 0.15) is 56.1 Å². The molecule has 1 heterocycles. The van der Waals surface area contributed by atoms with E-state index in [0.29, 0.717) is 43.1 Å². The first-order valence-corrected chi connectivity index (χ1v) is 17.2. The fraction of sp³-hybridized carbons (Fsp3) is 0.500. The highest BCUT2D eigenvalue weighted by Crippen LogP contribution is 2.53. The van der Waals surface area contributed by atoms with Gasteiger partial charge in [0, 0.05) is 47.2 Å². The van der Waals surface area contributed by atoms with E-state index in [1.807, 2.05) is 48.7 Å². The molecule has 266 valence electrons. The molecule has 49 heavy (non-hydrogen) atoms. The van der Waals surface area contributed by atoms with Crippen LogP contribution in [0.2, 0.25) is 5.02 Å². The number of nitrogens with zero attached hydrogens (tertiary/aromatic N) is 1. The lowest BCUT2D eigenvalue weighted by Crippen LogP contribution is -2.50. The van der Waals surface area contributed by atoms with E-state index in [9.17, 15) is 25.2 Å². The van der Waals surface area contributed by atoms with Crippen LogP contribution >= 0.6 is 11.6 Å². The number of halogens is 1. The molecule has 1 aromatic heterocycles. The molecule has 0 aliphatic heterocycles. The number of nitrogens with one attached hydrogen (secondary N) is 2. The molecule has 2 aromatic carbocycles. The standard InChI is InChI=1S/C36H46ClN3O9/c37-29-11-10-25(47-17-5-1-4-15-39-35(46)40-20-30(42)33(44)34(45)31(43)21-41)18-23(29)22-48-36(13-14-36)28-19-38-16-12-26(28)27-6-2-3-7-32(27)49-24-8-9-24/h2-3,6-7,10-12,16,18-19,24,30-31,33-34,41-45H,1,4-5,8-9,13-15,17,20-22H2,(H2,39,40,46). The second-order valence-electron chi connectivity index (χ2n) is 12.6. The number of para-hydroxylation sites is 1. The number of carbonyl (C=O) groups is 1. The number of ether oxygens (including phenoxy) is 3. The van der Waals surface area contributed by atoms with Crippen molar-refractivity contribution in [3.63, 3.8) is 0 Å². The Morgan fingerprint density at radius 1 is 0.959 bits per heavy atom. The predicted octanol–water partition coefficient (Wildman–Crippen LogP) is 3.43. The van der Waals surface area contributed by atoms with Crippen molar-refractivity contribution in [2.75, 3.05) is 26.3 Å². The van der Waals surface area contributed by atoms with Crippen LogP contribution in [0.15, 0.2) is 60.9 Å². The molecule has 0 radical (unpaired) electrons. The van der Waals surface area contributed by atoms with E-state index >= 15 is 0 Å². The molecule has 13 heteroatoms. The summed E-state index contributed by atoms with van der Waals surface area (Å²) in [5.74, 6) is 1.57. The Morgan fingerprint density at radius 2 is 1.73 bits per heavy atom. The number of unbranched alkanes of at least 4 members (excludes halogenated alkanes) is 2. The lowest BCUT2D eigenvalue weighted by Gasteiger charge is -2.25. The molecule has 4 atom stereocenters. The summed E-state index contributed by atoms with van der Waals surface area (Å²) in [6.07, 6.45) is 3.56. The average molecular weight is 700 g/mol. The van der Waals surface area contributed by atoms with Gasteiger partial charge in [0.25, 0.3) is 0 Å². The minimum Gasteiger partial charge on any atom is -0.494 e. The Bertz CT molecular complexity index is 1520. The normalized spacial score (nSPS) is 17.4. The molecule has 3 aromatic rings. The third-order valence-corrected chi connectivity index (χ3v) is 9.07. The number of pyridine rings is 1. The summed E-state index contributed by atoms with van der Waals surface area (Å²) in [6, 6.07) is 15.2. The maximum Gasteiger partial charge on any atom is 0.314 e. The maximum absolute atomic E-state index is 12.0. The van der Waals surface area contributed by atoms with E-state index in [2.05, 4.69) is 21.7 Å². The van der Waals surface area contributed by atoms with Crippen molar-refractivity contribution < 1.29 is 44.5 Å². The van der Waals surface area contributed by atoms with Gasteiger partial charge in [-0.3, -0.25) is 4.98 Å². The van der Waals surface area contributed by atoms with Crippen LogP contribution in [0.3, 0.4) is 0 Å². The molecule has 2 aliphatic rings. The highest BCUT2D eigenvalue weighted by Gasteiger charge is 2.48. The van der Waals surface area contributed by atoms with Gasteiger partial charge in [-0.2, -0.15) is 0 Å². The summed E-state index contributed by atoms with van der Waals surface area (Å²) < 4.78 is 18.8. The number of aliphatic hydroxyl groups excluding tert-OH is 5. The molecule has 0 spiro atoms. The lowest BCUT2D eigenvalue weighted by atomic mass is 9.96. The summed E-state index contributed by atoms with van der Waals surface area (Å²) in [6.45, 7) is 0.0608. The SMILES string of the molecule is O=C(NCCCCCOc1ccc(Cl)c(COC2(c3cnccc3-c3ccccc3OC3CC3)CC2)c1)NCC(O)C(O)C(O)C(O)CO. The third kappa shape index (κ3) is 10.3. The van der Waals surface area contributed by atoms with Gasteiger partial charge in [-0.05, 0) is 80.8 Å². The van der Waals surface area contributed by atoms with Gasteiger partial charge < -0.3 is 50.4 Å². The molecule has 2 amide bonds. The largest absolute Gasteiger partial charge is 0.494 e. The Balaban J connectivity index is 1.04. The Morgan fingerprint density at radius 3 is 2.49 bits per heavy atom. The van der Waals surface area contributed by atoms with E-state index in [-0.39, 0.29) is 6.54 Å². The molecular weight excluding hydrogens is 654 g/mol. The fourth-order valence-corrected chi connectivity index (χ4v) is 5.63. The topological polar surface area (TPSA) is 183 Å². The number of urea groups is 1. The van der Waals surface area contributed by atoms with Crippen molar-refractivity contribution >= 4 is 17.6 Å². The second kappa shape index (κ2) is 17.4. The van der Waals surface area contributed by atoms with E-state index in [4.69, 9.17) is 30.9 Å². The van der Waals surface area contributed by atoms with Gasteiger partial charge in [0.1, 0.15) is 29.8 Å². The van der Waals surface area contributed by atoms with E-state index in [0.717, 1.165) is 66.5 Å². The minimum atomic E-state index is -1.75. The van der Waals surface area contributed by atoms with Gasteiger partial charge in [0.2, 0.25) is 0 Å². The Labute approximate surface area is 291 Å². The highest BCUT2D eigenvalue weighted by atomic mass is 35.5. The van der Waals surface area contributed by atoms with Crippen molar-refractivity contribution in [1.29, 1.82) is 0 Å². The van der Waals surface area contributed by atoms with Crippen molar-refractivity contribution in [1.82, 2.24) is 15.6 Å². The van der Waals surface area contributed by atoms with Crippen LogP contribution in [0.25, 0.3) is 11.1 Å². The number of carbonyl (C=O) groups excluding carboxylic acids is 1. The van der Waals surface area contributed by atoms with Crippen LogP contribution in [-0.4, -0.2) is 93.4 Å². The lowest BCUT2D eigenvalue weighted by molar-refractivity contribution is -0.113. The van der Waals surface area contributed by atoms with Crippen LogP contribution in [0, 0.1) is 0 Å². The summed E-state index contributed by atoms with van der Waals surface area (Å²) in [7, 11) is 0. The van der Waals surface area contributed by atoms with Gasteiger partial charge in [0.15, 0.2) is 0 Å². The molecule has 2 fully saturated rings. The van der Waals surface area contributed by atoms with Crippen LogP contribution in [0.5, 0.6) is 11.5 Å². The van der Waals surface area contributed by atoms with Gasteiger partial charge in [-0.1, -0.05) is 29.8 Å². The first-order valence-electron chi connectivity index (χ1n) is 16.8.